The van der Waals surface area contributed by atoms with Crippen molar-refractivity contribution in [1.82, 2.24) is 4.98 Å². The molecule has 0 amide bonds. The molecule has 3 heteroatoms. The number of benzene rings is 1. The van der Waals surface area contributed by atoms with Crippen molar-refractivity contribution in [3.05, 3.63) is 39.2 Å². The first-order valence-corrected chi connectivity index (χ1v) is 5.56. The Kier molecular flexibility index (Phi) is 2.57. The molecule has 2 aromatic rings. The summed E-state index contributed by atoms with van der Waals surface area (Å²) in [5, 5.41) is 0. The Bertz CT molecular complexity index is 462. The van der Waals surface area contributed by atoms with Crippen LogP contribution in [-0.4, -0.2) is 4.98 Å². The van der Waals surface area contributed by atoms with Crippen LogP contribution in [-0.2, 0) is 0 Å². The van der Waals surface area contributed by atoms with Gasteiger partial charge in [0.1, 0.15) is 0 Å². The highest BCUT2D eigenvalue weighted by Gasteiger charge is 2.07. The zero-order chi connectivity index (χ0) is 10.1. The molecule has 0 saturated carbocycles. The topological polar surface area (TPSA) is 12.9 Å². The van der Waals surface area contributed by atoms with Gasteiger partial charge in [-0.15, -0.1) is 11.3 Å². The van der Waals surface area contributed by atoms with E-state index in [4.69, 9.17) is 11.6 Å². The largest absolute Gasteiger partial charge is 0.225 e. The number of aromatic nitrogens is 1. The average molecular weight is 224 g/mol. The monoisotopic (exact) mass is 223 g/mol. The normalized spacial score (nSPS) is 10.5. The number of aryl methyl sites for hydroxylation is 2. The van der Waals surface area contributed by atoms with Crippen molar-refractivity contribution in [2.75, 3.05) is 0 Å². The van der Waals surface area contributed by atoms with E-state index >= 15 is 0 Å². The van der Waals surface area contributed by atoms with Crippen molar-refractivity contribution in [2.24, 2.45) is 0 Å². The summed E-state index contributed by atoms with van der Waals surface area (Å²) in [7, 11) is 0. The van der Waals surface area contributed by atoms with E-state index in [1.54, 1.807) is 0 Å². The molecular weight excluding hydrogens is 214 g/mol. The number of nitrogens with zero attached hydrogens (tertiary/aromatic N) is 1. The SMILES string of the molecule is Cc1cccc(-c2nc(Cl)sc2C)c1. The molecule has 1 heterocycles. The van der Waals surface area contributed by atoms with Gasteiger partial charge in [0.15, 0.2) is 4.47 Å². The van der Waals surface area contributed by atoms with Crippen LogP contribution < -0.4 is 0 Å². The van der Waals surface area contributed by atoms with Gasteiger partial charge >= 0.3 is 0 Å². The van der Waals surface area contributed by atoms with Gasteiger partial charge in [0.25, 0.3) is 0 Å². The van der Waals surface area contributed by atoms with E-state index in [1.807, 2.05) is 13.0 Å². The highest BCUT2D eigenvalue weighted by molar-refractivity contribution is 7.16. The summed E-state index contributed by atoms with van der Waals surface area (Å²) in [5.41, 5.74) is 3.39. The molecule has 1 nitrogen and oxygen atoms in total. The van der Waals surface area contributed by atoms with Crippen molar-refractivity contribution in [3.8, 4) is 11.3 Å². The molecule has 1 aromatic heterocycles. The molecule has 0 radical (unpaired) electrons. The number of rotatable bonds is 1. The van der Waals surface area contributed by atoms with Crippen LogP contribution in [0.4, 0.5) is 0 Å². The van der Waals surface area contributed by atoms with Gasteiger partial charge in [0.05, 0.1) is 5.69 Å². The predicted molar refractivity (Wildman–Crippen MR) is 62.0 cm³/mol. The van der Waals surface area contributed by atoms with Gasteiger partial charge in [0.2, 0.25) is 0 Å². The molecule has 1 aromatic carbocycles. The van der Waals surface area contributed by atoms with Crippen LogP contribution in [0, 0.1) is 13.8 Å². The van der Waals surface area contributed by atoms with E-state index in [-0.39, 0.29) is 0 Å². The molecular formula is C11H10ClNS. The lowest BCUT2D eigenvalue weighted by Gasteiger charge is -1.99. The first-order chi connectivity index (χ1) is 6.66. The maximum Gasteiger partial charge on any atom is 0.184 e. The molecule has 0 fully saturated rings. The molecule has 14 heavy (non-hydrogen) atoms. The highest BCUT2D eigenvalue weighted by atomic mass is 35.5. The van der Waals surface area contributed by atoms with Crippen LogP contribution in [0.15, 0.2) is 24.3 Å². The number of thiazole rings is 1. The first kappa shape index (κ1) is 9.69. The van der Waals surface area contributed by atoms with Gasteiger partial charge in [0, 0.05) is 10.4 Å². The molecule has 2 rings (SSSR count). The Morgan fingerprint density at radius 3 is 2.64 bits per heavy atom. The Hall–Kier alpha value is -0.860. The fourth-order valence-corrected chi connectivity index (χ4v) is 2.51. The van der Waals surface area contributed by atoms with Gasteiger partial charge in [-0.25, -0.2) is 4.98 Å². The van der Waals surface area contributed by atoms with Crippen molar-refractivity contribution in [2.45, 2.75) is 13.8 Å². The summed E-state index contributed by atoms with van der Waals surface area (Å²) in [5.74, 6) is 0. The Morgan fingerprint density at radius 1 is 1.29 bits per heavy atom. The van der Waals surface area contributed by atoms with Crippen molar-refractivity contribution in [3.63, 3.8) is 0 Å². The number of hydrogen-bond acceptors (Lipinski definition) is 2. The summed E-state index contributed by atoms with van der Waals surface area (Å²) in [6.07, 6.45) is 0. The molecule has 0 spiro atoms. The third-order valence-electron chi connectivity index (χ3n) is 2.06. The lowest BCUT2D eigenvalue weighted by molar-refractivity contribution is 1.36. The summed E-state index contributed by atoms with van der Waals surface area (Å²) in [6.45, 7) is 4.12. The van der Waals surface area contributed by atoms with Crippen molar-refractivity contribution >= 4 is 22.9 Å². The zero-order valence-electron chi connectivity index (χ0n) is 8.04. The lowest BCUT2D eigenvalue weighted by Crippen LogP contribution is -1.81. The van der Waals surface area contributed by atoms with E-state index in [9.17, 15) is 0 Å². The minimum Gasteiger partial charge on any atom is -0.225 e. The van der Waals surface area contributed by atoms with Crippen LogP contribution in [0.3, 0.4) is 0 Å². The molecule has 0 unspecified atom stereocenters. The minimum absolute atomic E-state index is 0.610. The second-order valence-electron chi connectivity index (χ2n) is 3.24. The van der Waals surface area contributed by atoms with Crippen LogP contribution in [0.2, 0.25) is 4.47 Å². The Labute approximate surface area is 92.4 Å². The lowest BCUT2D eigenvalue weighted by atomic mass is 10.1. The molecule has 72 valence electrons. The second-order valence-corrected chi connectivity index (χ2v) is 5.03. The second kappa shape index (κ2) is 3.71. The number of halogens is 1. The number of hydrogen-bond donors (Lipinski definition) is 0. The quantitative estimate of drug-likeness (QED) is 0.710. The molecule has 0 aliphatic rings. The average Bonchev–Trinajstić information content (AvgIpc) is 2.45. The van der Waals surface area contributed by atoms with Gasteiger partial charge in [-0.2, -0.15) is 0 Å². The third-order valence-corrected chi connectivity index (χ3v) is 3.14. The fourth-order valence-electron chi connectivity index (χ4n) is 1.42. The van der Waals surface area contributed by atoms with Crippen LogP contribution in [0.5, 0.6) is 0 Å². The van der Waals surface area contributed by atoms with Gasteiger partial charge in [-0.1, -0.05) is 35.4 Å². The van der Waals surface area contributed by atoms with Crippen LogP contribution >= 0.6 is 22.9 Å². The molecule has 0 aliphatic heterocycles. The van der Waals surface area contributed by atoms with E-state index in [2.05, 4.69) is 30.1 Å². The summed E-state index contributed by atoms with van der Waals surface area (Å²) >= 11 is 7.39. The predicted octanol–water partition coefficient (Wildman–Crippen LogP) is 4.08. The smallest absolute Gasteiger partial charge is 0.184 e. The van der Waals surface area contributed by atoms with E-state index < -0.39 is 0 Å². The minimum atomic E-state index is 0.610. The van der Waals surface area contributed by atoms with Crippen molar-refractivity contribution in [1.29, 1.82) is 0 Å². The first-order valence-electron chi connectivity index (χ1n) is 4.37. The molecule has 0 saturated heterocycles. The van der Waals surface area contributed by atoms with Crippen LogP contribution in [0.25, 0.3) is 11.3 Å². The fraction of sp³-hybridized carbons (Fsp3) is 0.182. The zero-order valence-corrected chi connectivity index (χ0v) is 9.62. The Morgan fingerprint density at radius 2 is 2.07 bits per heavy atom. The maximum absolute atomic E-state index is 5.86. The van der Waals surface area contributed by atoms with E-state index in [1.165, 1.54) is 21.8 Å². The standard InChI is InChI=1S/C11H10ClNS/c1-7-4-3-5-9(6-7)10-8(2)14-11(12)13-10/h3-6H,1-2H3. The van der Waals surface area contributed by atoms with Crippen LogP contribution in [0.1, 0.15) is 10.4 Å². The summed E-state index contributed by atoms with van der Waals surface area (Å²) in [4.78, 5) is 5.47. The molecule has 0 N–H and O–H groups in total. The van der Waals surface area contributed by atoms with Gasteiger partial charge in [-0.05, 0) is 19.9 Å². The van der Waals surface area contributed by atoms with E-state index in [0.717, 1.165) is 11.3 Å². The maximum atomic E-state index is 5.86. The highest BCUT2D eigenvalue weighted by Crippen LogP contribution is 2.30. The third kappa shape index (κ3) is 1.81. The van der Waals surface area contributed by atoms with E-state index in [0.29, 0.717) is 4.47 Å². The van der Waals surface area contributed by atoms with Crippen molar-refractivity contribution < 1.29 is 0 Å². The van der Waals surface area contributed by atoms with Gasteiger partial charge < -0.3 is 0 Å². The summed E-state index contributed by atoms with van der Waals surface area (Å²) < 4.78 is 0.610. The molecule has 0 bridgehead atoms. The molecule has 0 atom stereocenters. The summed E-state index contributed by atoms with van der Waals surface area (Å²) in [6, 6.07) is 8.30. The molecule has 0 aliphatic carbocycles. The van der Waals surface area contributed by atoms with Gasteiger partial charge in [-0.3, -0.25) is 0 Å². The Balaban J connectivity index is 2.54.